The lowest BCUT2D eigenvalue weighted by Gasteiger charge is -2.13. The molecule has 0 aliphatic carbocycles. The molecular weight excluding hydrogens is 277 g/mol. The minimum Gasteiger partial charge on any atom is -0.396 e. The van der Waals surface area contributed by atoms with Crippen molar-refractivity contribution in [3.63, 3.8) is 0 Å². The molecule has 0 saturated carbocycles. The van der Waals surface area contributed by atoms with E-state index in [1.165, 1.54) is 12.1 Å². The normalized spacial score (nSPS) is 13.2. The number of aliphatic hydroxyl groups excluding tert-OH is 1. The quantitative estimate of drug-likeness (QED) is 0.854. The van der Waals surface area contributed by atoms with E-state index in [0.29, 0.717) is 0 Å². The lowest BCUT2D eigenvalue weighted by molar-refractivity contribution is -0.137. The first-order valence-electron chi connectivity index (χ1n) is 6.84. The van der Waals surface area contributed by atoms with Crippen LogP contribution in [0.1, 0.15) is 30.4 Å². The van der Waals surface area contributed by atoms with Gasteiger partial charge in [0.15, 0.2) is 0 Å². The van der Waals surface area contributed by atoms with Crippen LogP contribution in [0.25, 0.3) is 11.1 Å². The molecule has 2 rings (SSSR count). The van der Waals surface area contributed by atoms with Gasteiger partial charge in [0.2, 0.25) is 0 Å². The second kappa shape index (κ2) is 6.31. The van der Waals surface area contributed by atoms with Gasteiger partial charge in [-0.1, -0.05) is 43.3 Å². The highest BCUT2D eigenvalue weighted by Gasteiger charge is 2.29. The fourth-order valence-electron chi connectivity index (χ4n) is 2.27. The minimum atomic E-state index is -4.31. The van der Waals surface area contributed by atoms with Gasteiger partial charge in [-0.2, -0.15) is 13.2 Å². The highest BCUT2D eigenvalue weighted by Crippen LogP contribution is 2.31. The van der Waals surface area contributed by atoms with Gasteiger partial charge in [-0.3, -0.25) is 0 Å². The van der Waals surface area contributed by atoms with Crippen molar-refractivity contribution < 1.29 is 18.3 Å². The van der Waals surface area contributed by atoms with Crippen molar-refractivity contribution in [1.29, 1.82) is 0 Å². The van der Waals surface area contributed by atoms with Crippen molar-refractivity contribution in [3.8, 4) is 11.1 Å². The topological polar surface area (TPSA) is 20.2 Å². The monoisotopic (exact) mass is 294 g/mol. The van der Waals surface area contributed by atoms with Gasteiger partial charge in [0.1, 0.15) is 0 Å². The fourth-order valence-corrected chi connectivity index (χ4v) is 2.27. The first-order chi connectivity index (χ1) is 9.95. The third-order valence-electron chi connectivity index (χ3n) is 3.64. The Bertz CT molecular complexity index is 566. The highest BCUT2D eigenvalue weighted by molar-refractivity contribution is 5.64. The molecule has 0 fully saturated rings. The summed E-state index contributed by atoms with van der Waals surface area (Å²) in [4.78, 5) is 0. The largest absolute Gasteiger partial charge is 0.416 e. The van der Waals surface area contributed by atoms with Crippen LogP contribution in [0.3, 0.4) is 0 Å². The number of alkyl halides is 3. The molecule has 0 radical (unpaired) electrons. The Morgan fingerprint density at radius 3 is 1.76 bits per heavy atom. The standard InChI is InChI=1S/C17H17F3O/c1-2-12(11-21)13-3-5-14(6-4-13)15-7-9-16(10-8-15)17(18,19)20/h3-10,12,21H,2,11H2,1H3/t12-/m0/s1. The molecule has 0 aliphatic heterocycles. The van der Waals surface area contributed by atoms with Crippen molar-refractivity contribution in [2.75, 3.05) is 6.61 Å². The molecular formula is C17H17F3O. The van der Waals surface area contributed by atoms with E-state index in [1.54, 1.807) is 0 Å². The van der Waals surface area contributed by atoms with Gasteiger partial charge in [0.25, 0.3) is 0 Å². The third-order valence-corrected chi connectivity index (χ3v) is 3.64. The van der Waals surface area contributed by atoms with Crippen molar-refractivity contribution in [2.24, 2.45) is 0 Å². The average Bonchev–Trinajstić information content (AvgIpc) is 2.48. The van der Waals surface area contributed by atoms with E-state index in [2.05, 4.69) is 0 Å². The molecule has 0 heterocycles. The summed E-state index contributed by atoms with van der Waals surface area (Å²) in [6.45, 7) is 2.10. The van der Waals surface area contributed by atoms with Gasteiger partial charge in [-0.15, -0.1) is 0 Å². The summed E-state index contributed by atoms with van der Waals surface area (Å²) >= 11 is 0. The van der Waals surface area contributed by atoms with E-state index in [9.17, 15) is 18.3 Å². The lowest BCUT2D eigenvalue weighted by Crippen LogP contribution is -2.04. The molecule has 0 aromatic heterocycles. The van der Waals surface area contributed by atoms with E-state index in [0.717, 1.165) is 35.2 Å². The Labute approximate surface area is 122 Å². The molecule has 0 saturated heterocycles. The summed E-state index contributed by atoms with van der Waals surface area (Å²) in [5.41, 5.74) is 2.00. The molecule has 0 bridgehead atoms. The summed E-state index contributed by atoms with van der Waals surface area (Å²) in [6.07, 6.45) is -3.46. The average molecular weight is 294 g/mol. The van der Waals surface area contributed by atoms with Crippen LogP contribution in [-0.4, -0.2) is 11.7 Å². The lowest BCUT2D eigenvalue weighted by atomic mass is 9.95. The van der Waals surface area contributed by atoms with Crippen molar-refractivity contribution in [2.45, 2.75) is 25.4 Å². The zero-order chi connectivity index (χ0) is 15.5. The summed E-state index contributed by atoms with van der Waals surface area (Å²) < 4.78 is 37.6. The number of benzene rings is 2. The second-order valence-electron chi connectivity index (χ2n) is 4.98. The van der Waals surface area contributed by atoms with E-state index >= 15 is 0 Å². The smallest absolute Gasteiger partial charge is 0.396 e. The Morgan fingerprint density at radius 1 is 0.905 bits per heavy atom. The van der Waals surface area contributed by atoms with Crippen LogP contribution in [0, 0.1) is 0 Å². The molecule has 0 unspecified atom stereocenters. The zero-order valence-corrected chi connectivity index (χ0v) is 11.7. The van der Waals surface area contributed by atoms with Crippen LogP contribution in [0.2, 0.25) is 0 Å². The zero-order valence-electron chi connectivity index (χ0n) is 11.7. The highest BCUT2D eigenvalue weighted by atomic mass is 19.4. The number of aliphatic hydroxyl groups is 1. The molecule has 1 nitrogen and oxygen atoms in total. The van der Waals surface area contributed by atoms with Crippen LogP contribution >= 0.6 is 0 Å². The van der Waals surface area contributed by atoms with Crippen LogP contribution in [0.5, 0.6) is 0 Å². The Hall–Kier alpha value is -1.81. The maximum atomic E-state index is 12.5. The minimum absolute atomic E-state index is 0.0934. The van der Waals surface area contributed by atoms with E-state index < -0.39 is 11.7 Å². The molecule has 2 aromatic rings. The molecule has 0 spiro atoms. The number of hydrogen-bond acceptors (Lipinski definition) is 1. The number of hydrogen-bond donors (Lipinski definition) is 1. The van der Waals surface area contributed by atoms with Crippen molar-refractivity contribution >= 4 is 0 Å². The fraction of sp³-hybridized carbons (Fsp3) is 0.294. The Kier molecular flexibility index (Phi) is 4.68. The molecule has 0 aliphatic rings. The van der Waals surface area contributed by atoms with Gasteiger partial charge in [-0.25, -0.2) is 0 Å². The van der Waals surface area contributed by atoms with E-state index in [4.69, 9.17) is 0 Å². The van der Waals surface area contributed by atoms with Crippen LogP contribution in [0.4, 0.5) is 13.2 Å². The van der Waals surface area contributed by atoms with Crippen molar-refractivity contribution in [3.05, 3.63) is 59.7 Å². The van der Waals surface area contributed by atoms with Gasteiger partial charge >= 0.3 is 6.18 Å². The molecule has 1 N–H and O–H groups in total. The first-order valence-corrected chi connectivity index (χ1v) is 6.84. The van der Waals surface area contributed by atoms with Gasteiger partial charge in [-0.05, 0) is 35.2 Å². The molecule has 1 atom stereocenters. The van der Waals surface area contributed by atoms with Gasteiger partial charge in [0.05, 0.1) is 5.56 Å². The Morgan fingerprint density at radius 2 is 1.38 bits per heavy atom. The van der Waals surface area contributed by atoms with Crippen LogP contribution < -0.4 is 0 Å². The summed E-state index contributed by atoms with van der Waals surface area (Å²) in [5.74, 6) is 0.103. The van der Waals surface area contributed by atoms with Crippen LogP contribution in [-0.2, 0) is 6.18 Å². The maximum Gasteiger partial charge on any atom is 0.416 e. The predicted molar refractivity (Wildman–Crippen MR) is 77.0 cm³/mol. The van der Waals surface area contributed by atoms with E-state index in [-0.39, 0.29) is 12.5 Å². The predicted octanol–water partition coefficient (Wildman–Crippen LogP) is 4.86. The van der Waals surface area contributed by atoms with Crippen LogP contribution in [0.15, 0.2) is 48.5 Å². The second-order valence-corrected chi connectivity index (χ2v) is 4.98. The van der Waals surface area contributed by atoms with Gasteiger partial charge < -0.3 is 5.11 Å². The summed E-state index contributed by atoms with van der Waals surface area (Å²) in [7, 11) is 0. The summed E-state index contributed by atoms with van der Waals surface area (Å²) in [6, 6.07) is 12.7. The molecule has 21 heavy (non-hydrogen) atoms. The Balaban J connectivity index is 2.23. The molecule has 0 amide bonds. The van der Waals surface area contributed by atoms with Crippen molar-refractivity contribution in [1.82, 2.24) is 0 Å². The SMILES string of the molecule is CC[C@@H](CO)c1ccc(-c2ccc(C(F)(F)F)cc2)cc1. The third kappa shape index (κ3) is 3.64. The van der Waals surface area contributed by atoms with Gasteiger partial charge in [0, 0.05) is 12.5 Å². The first kappa shape index (κ1) is 15.6. The number of rotatable bonds is 4. The van der Waals surface area contributed by atoms with E-state index in [1.807, 2.05) is 31.2 Å². The summed E-state index contributed by atoms with van der Waals surface area (Å²) in [5, 5.41) is 9.27. The number of halogens is 3. The molecule has 4 heteroatoms. The molecule has 112 valence electrons. The molecule has 2 aromatic carbocycles. The maximum absolute atomic E-state index is 12.5.